The fourth-order valence-corrected chi connectivity index (χ4v) is 2.33. The van der Waals surface area contributed by atoms with Gasteiger partial charge < -0.3 is 9.47 Å². The molecule has 1 aliphatic rings. The number of Topliss-reactive ketones (excluding diaryl/α,β-unsaturated/α-hetero) is 1. The molecule has 20 heavy (non-hydrogen) atoms. The molecule has 0 radical (unpaired) electrons. The van der Waals surface area contributed by atoms with Crippen molar-refractivity contribution in [1.29, 1.82) is 0 Å². The minimum atomic E-state index is -0.758. The molecule has 1 aromatic heterocycles. The average molecular weight is 281 g/mol. The summed E-state index contributed by atoms with van der Waals surface area (Å²) in [5.41, 5.74) is 0. The molecule has 0 aromatic carbocycles. The molecule has 1 aliphatic heterocycles. The number of nitrogens with zero attached hydrogens (tertiary/aromatic N) is 3. The third-order valence-electron chi connectivity index (χ3n) is 3.43. The van der Waals surface area contributed by atoms with Crippen LogP contribution < -0.4 is 0 Å². The molecule has 0 saturated carbocycles. The quantitative estimate of drug-likeness (QED) is 0.683. The molecule has 112 valence electrons. The lowest BCUT2D eigenvalue weighted by atomic mass is 10.0. The van der Waals surface area contributed by atoms with E-state index >= 15 is 0 Å². The maximum atomic E-state index is 12.5. The first kappa shape index (κ1) is 15.1. The summed E-state index contributed by atoms with van der Waals surface area (Å²) < 4.78 is 10.8. The van der Waals surface area contributed by atoms with Gasteiger partial charge in [-0.3, -0.25) is 4.79 Å². The Morgan fingerprint density at radius 3 is 2.60 bits per heavy atom. The van der Waals surface area contributed by atoms with E-state index in [9.17, 15) is 4.79 Å². The smallest absolute Gasteiger partial charge is 0.220 e. The molecule has 1 fully saturated rings. The van der Waals surface area contributed by atoms with Crippen LogP contribution in [0.2, 0.25) is 0 Å². The highest BCUT2D eigenvalue weighted by molar-refractivity contribution is 5.85. The molecule has 1 aromatic rings. The molecule has 1 saturated heterocycles. The number of ether oxygens (including phenoxy) is 2. The Morgan fingerprint density at radius 2 is 1.95 bits per heavy atom. The standard InChI is InChI=1S/C14H23N3O3/c1-2-3-4-5-7-12(17-15-8-9-16-17)13(18)14-19-10-6-11-20-14/h8-9,12,14H,2-7,10-11H2,1H3. The van der Waals surface area contributed by atoms with Crippen molar-refractivity contribution in [2.75, 3.05) is 13.2 Å². The van der Waals surface area contributed by atoms with E-state index in [1.807, 2.05) is 0 Å². The van der Waals surface area contributed by atoms with Crippen LogP contribution >= 0.6 is 0 Å². The Balaban J connectivity index is 1.96. The van der Waals surface area contributed by atoms with E-state index in [0.29, 0.717) is 13.2 Å². The number of carbonyl (C=O) groups is 1. The molecule has 1 atom stereocenters. The van der Waals surface area contributed by atoms with Crippen LogP contribution in [0.3, 0.4) is 0 Å². The van der Waals surface area contributed by atoms with Gasteiger partial charge >= 0.3 is 0 Å². The van der Waals surface area contributed by atoms with Gasteiger partial charge in [0.05, 0.1) is 25.6 Å². The van der Waals surface area contributed by atoms with Crippen LogP contribution in [0.4, 0.5) is 0 Å². The monoisotopic (exact) mass is 281 g/mol. The zero-order valence-electron chi connectivity index (χ0n) is 12.0. The van der Waals surface area contributed by atoms with E-state index < -0.39 is 6.29 Å². The van der Waals surface area contributed by atoms with E-state index in [1.54, 1.807) is 12.4 Å². The van der Waals surface area contributed by atoms with Gasteiger partial charge in [-0.25, -0.2) is 0 Å². The summed E-state index contributed by atoms with van der Waals surface area (Å²) in [6.45, 7) is 3.32. The predicted octanol–water partition coefficient (Wildman–Crippen LogP) is 2.12. The summed E-state index contributed by atoms with van der Waals surface area (Å²) >= 11 is 0. The van der Waals surface area contributed by atoms with E-state index in [-0.39, 0.29) is 11.8 Å². The van der Waals surface area contributed by atoms with Crippen LogP contribution in [0.5, 0.6) is 0 Å². The number of carbonyl (C=O) groups excluding carboxylic acids is 1. The van der Waals surface area contributed by atoms with Crippen molar-refractivity contribution >= 4 is 5.78 Å². The maximum Gasteiger partial charge on any atom is 0.220 e. The number of unbranched alkanes of at least 4 members (excludes halogenated alkanes) is 3. The zero-order valence-corrected chi connectivity index (χ0v) is 12.0. The zero-order chi connectivity index (χ0) is 14.2. The minimum absolute atomic E-state index is 0.0719. The van der Waals surface area contributed by atoms with Gasteiger partial charge in [-0.1, -0.05) is 32.6 Å². The van der Waals surface area contributed by atoms with Gasteiger partial charge in [0.15, 0.2) is 0 Å². The van der Waals surface area contributed by atoms with E-state index in [1.165, 1.54) is 17.6 Å². The molecule has 2 rings (SSSR count). The van der Waals surface area contributed by atoms with Crippen LogP contribution in [-0.4, -0.2) is 40.3 Å². The second-order valence-electron chi connectivity index (χ2n) is 5.04. The Kier molecular flexibility index (Phi) is 6.14. The molecule has 1 unspecified atom stereocenters. The topological polar surface area (TPSA) is 66.2 Å². The molecule has 0 spiro atoms. The van der Waals surface area contributed by atoms with E-state index in [4.69, 9.17) is 9.47 Å². The predicted molar refractivity (Wildman–Crippen MR) is 73.1 cm³/mol. The molecular weight excluding hydrogens is 258 g/mol. The van der Waals surface area contributed by atoms with E-state index in [0.717, 1.165) is 25.7 Å². The Labute approximate surface area is 119 Å². The average Bonchev–Trinajstić information content (AvgIpc) is 3.02. The van der Waals surface area contributed by atoms with Crippen molar-refractivity contribution in [3.05, 3.63) is 12.4 Å². The van der Waals surface area contributed by atoms with Crippen LogP contribution in [0, 0.1) is 0 Å². The second-order valence-corrected chi connectivity index (χ2v) is 5.04. The number of rotatable bonds is 8. The lowest BCUT2D eigenvalue weighted by Gasteiger charge is -2.25. The van der Waals surface area contributed by atoms with Crippen LogP contribution in [0.25, 0.3) is 0 Å². The van der Waals surface area contributed by atoms with E-state index in [2.05, 4.69) is 17.1 Å². The summed E-state index contributed by atoms with van der Waals surface area (Å²) in [4.78, 5) is 14.0. The SMILES string of the molecule is CCCCCCC(C(=O)C1OCCCO1)n1nccn1. The fourth-order valence-electron chi connectivity index (χ4n) is 2.33. The van der Waals surface area contributed by atoms with Crippen molar-refractivity contribution < 1.29 is 14.3 Å². The summed E-state index contributed by atoms with van der Waals surface area (Å²) in [5, 5.41) is 8.21. The first-order valence-corrected chi connectivity index (χ1v) is 7.45. The largest absolute Gasteiger partial charge is 0.346 e. The minimum Gasteiger partial charge on any atom is -0.346 e. The Hall–Kier alpha value is -1.27. The first-order valence-electron chi connectivity index (χ1n) is 7.45. The van der Waals surface area contributed by atoms with Gasteiger partial charge in [-0.05, 0) is 12.8 Å². The van der Waals surface area contributed by atoms with Gasteiger partial charge in [-0.2, -0.15) is 15.0 Å². The van der Waals surface area contributed by atoms with Gasteiger partial charge in [0.25, 0.3) is 0 Å². The molecule has 6 heteroatoms. The van der Waals surface area contributed by atoms with Crippen LogP contribution in [0.1, 0.15) is 51.5 Å². The summed E-state index contributed by atoms with van der Waals surface area (Å²) in [5.74, 6) is -0.0719. The van der Waals surface area contributed by atoms with Crippen LogP contribution in [-0.2, 0) is 14.3 Å². The third kappa shape index (κ3) is 4.11. The van der Waals surface area contributed by atoms with Crippen molar-refractivity contribution in [3.63, 3.8) is 0 Å². The normalized spacial score (nSPS) is 18.1. The third-order valence-corrected chi connectivity index (χ3v) is 3.43. The summed E-state index contributed by atoms with van der Waals surface area (Å²) in [7, 11) is 0. The molecule has 2 heterocycles. The highest BCUT2D eigenvalue weighted by atomic mass is 16.7. The Bertz CT molecular complexity index is 388. The summed E-state index contributed by atoms with van der Waals surface area (Å²) in [6.07, 6.45) is 8.46. The molecular formula is C14H23N3O3. The lowest BCUT2D eigenvalue weighted by molar-refractivity contribution is -0.191. The van der Waals surface area contributed by atoms with Gasteiger partial charge in [-0.15, -0.1) is 0 Å². The van der Waals surface area contributed by atoms with Crippen molar-refractivity contribution in [2.45, 2.75) is 57.8 Å². The van der Waals surface area contributed by atoms with Crippen molar-refractivity contribution in [1.82, 2.24) is 15.0 Å². The van der Waals surface area contributed by atoms with Crippen LogP contribution in [0.15, 0.2) is 12.4 Å². The molecule has 0 N–H and O–H groups in total. The molecule has 0 bridgehead atoms. The number of hydrogen-bond acceptors (Lipinski definition) is 5. The molecule has 6 nitrogen and oxygen atoms in total. The highest BCUT2D eigenvalue weighted by Crippen LogP contribution is 2.20. The van der Waals surface area contributed by atoms with Gasteiger partial charge in [0.2, 0.25) is 12.1 Å². The number of aromatic nitrogens is 3. The Morgan fingerprint density at radius 1 is 1.25 bits per heavy atom. The van der Waals surface area contributed by atoms with Crippen molar-refractivity contribution in [3.8, 4) is 0 Å². The molecule has 0 amide bonds. The number of ketones is 1. The maximum absolute atomic E-state index is 12.5. The number of hydrogen-bond donors (Lipinski definition) is 0. The second kappa shape index (κ2) is 8.11. The molecule has 0 aliphatic carbocycles. The van der Waals surface area contributed by atoms with Crippen molar-refractivity contribution in [2.24, 2.45) is 0 Å². The summed E-state index contributed by atoms with van der Waals surface area (Å²) in [6, 6.07) is -0.384. The fraction of sp³-hybridized carbons (Fsp3) is 0.786. The lowest BCUT2D eigenvalue weighted by Crippen LogP contribution is -2.38. The van der Waals surface area contributed by atoms with Gasteiger partial charge in [0.1, 0.15) is 6.04 Å². The van der Waals surface area contributed by atoms with Gasteiger partial charge in [0, 0.05) is 0 Å². The first-order chi connectivity index (χ1) is 9.83. The highest BCUT2D eigenvalue weighted by Gasteiger charge is 2.32.